The van der Waals surface area contributed by atoms with E-state index in [0.717, 1.165) is 32.1 Å². The smallest absolute Gasteiger partial charge is 0.0722 e. The van der Waals surface area contributed by atoms with Crippen molar-refractivity contribution in [3.8, 4) is 0 Å². The lowest BCUT2D eigenvalue weighted by Crippen LogP contribution is -2.49. The van der Waals surface area contributed by atoms with Crippen molar-refractivity contribution in [1.82, 2.24) is 0 Å². The number of aliphatic hydroxyl groups is 2. The molecule has 0 aliphatic heterocycles. The van der Waals surface area contributed by atoms with Crippen LogP contribution in [0.15, 0.2) is 0 Å². The Morgan fingerprint density at radius 1 is 1.23 bits per heavy atom. The van der Waals surface area contributed by atoms with E-state index in [1.54, 1.807) is 0 Å². The number of aliphatic hydroxyl groups excluding tert-OH is 1. The molecule has 0 spiro atoms. The molecule has 2 nitrogen and oxygen atoms in total. The molecule has 0 radical (unpaired) electrons. The van der Waals surface area contributed by atoms with E-state index in [9.17, 15) is 10.2 Å². The lowest BCUT2D eigenvalue weighted by atomic mass is 9.65. The van der Waals surface area contributed by atoms with E-state index in [-0.39, 0.29) is 12.0 Å². The molecular formula is C11H22O2. The fraction of sp³-hybridized carbons (Fsp3) is 1.00. The monoisotopic (exact) mass is 186 g/mol. The summed E-state index contributed by atoms with van der Waals surface area (Å²) in [5.74, 6) is 0. The minimum atomic E-state index is -0.616. The second kappa shape index (κ2) is 3.97. The molecule has 1 atom stereocenters. The summed E-state index contributed by atoms with van der Waals surface area (Å²) in [5, 5.41) is 19.8. The second-order valence-electron chi connectivity index (χ2n) is 4.66. The third-order valence-electron chi connectivity index (χ3n) is 3.93. The first-order valence-corrected chi connectivity index (χ1v) is 5.41. The first-order chi connectivity index (χ1) is 6.08. The molecule has 1 fully saturated rings. The van der Waals surface area contributed by atoms with Gasteiger partial charge in [0, 0.05) is 5.41 Å². The van der Waals surface area contributed by atoms with Crippen molar-refractivity contribution in [1.29, 1.82) is 0 Å². The molecule has 0 aromatic carbocycles. The van der Waals surface area contributed by atoms with Crippen molar-refractivity contribution in [2.45, 2.75) is 58.0 Å². The molecule has 0 saturated heterocycles. The van der Waals surface area contributed by atoms with Gasteiger partial charge in [-0.05, 0) is 19.3 Å². The van der Waals surface area contributed by atoms with Crippen LogP contribution in [0.3, 0.4) is 0 Å². The van der Waals surface area contributed by atoms with Crippen molar-refractivity contribution in [3.05, 3.63) is 0 Å². The molecule has 1 aliphatic rings. The van der Waals surface area contributed by atoms with Crippen LogP contribution in [0, 0.1) is 5.41 Å². The molecule has 0 aromatic rings. The molecule has 0 bridgehead atoms. The zero-order valence-electron chi connectivity index (χ0n) is 8.84. The summed E-state index contributed by atoms with van der Waals surface area (Å²) in [6.45, 7) is 4.14. The van der Waals surface area contributed by atoms with Crippen LogP contribution in [0.2, 0.25) is 0 Å². The summed E-state index contributed by atoms with van der Waals surface area (Å²) in [6.07, 6.45) is 6.00. The Morgan fingerprint density at radius 2 is 1.77 bits per heavy atom. The van der Waals surface area contributed by atoms with Gasteiger partial charge < -0.3 is 10.2 Å². The Morgan fingerprint density at radius 3 is 2.15 bits per heavy atom. The first-order valence-electron chi connectivity index (χ1n) is 5.41. The van der Waals surface area contributed by atoms with Crippen molar-refractivity contribution in [2.75, 3.05) is 6.61 Å². The SMILES string of the molecule is CCC(C)(CO)C1(O)CCCCC1. The van der Waals surface area contributed by atoms with Crippen molar-refractivity contribution >= 4 is 0 Å². The average molecular weight is 186 g/mol. The highest BCUT2D eigenvalue weighted by Crippen LogP contribution is 2.44. The van der Waals surface area contributed by atoms with Gasteiger partial charge in [0.1, 0.15) is 0 Å². The van der Waals surface area contributed by atoms with Crippen LogP contribution < -0.4 is 0 Å². The molecule has 1 aliphatic carbocycles. The van der Waals surface area contributed by atoms with E-state index in [0.29, 0.717) is 0 Å². The Bertz CT molecular complexity index is 155. The van der Waals surface area contributed by atoms with Gasteiger partial charge in [-0.2, -0.15) is 0 Å². The zero-order chi connectivity index (χ0) is 9.95. The van der Waals surface area contributed by atoms with Crippen LogP contribution in [-0.4, -0.2) is 22.4 Å². The normalized spacial score (nSPS) is 26.8. The molecule has 2 heteroatoms. The van der Waals surface area contributed by atoms with Crippen LogP contribution >= 0.6 is 0 Å². The fourth-order valence-electron chi connectivity index (χ4n) is 2.33. The molecule has 1 rings (SSSR count). The van der Waals surface area contributed by atoms with E-state index >= 15 is 0 Å². The predicted octanol–water partition coefficient (Wildman–Crippen LogP) is 2.09. The van der Waals surface area contributed by atoms with Gasteiger partial charge in [0.15, 0.2) is 0 Å². The topological polar surface area (TPSA) is 40.5 Å². The predicted molar refractivity (Wildman–Crippen MR) is 53.5 cm³/mol. The number of hydrogen-bond acceptors (Lipinski definition) is 2. The highest BCUT2D eigenvalue weighted by Gasteiger charge is 2.45. The van der Waals surface area contributed by atoms with Crippen LogP contribution in [0.25, 0.3) is 0 Å². The molecule has 13 heavy (non-hydrogen) atoms. The molecule has 0 amide bonds. The van der Waals surface area contributed by atoms with Crippen molar-refractivity contribution < 1.29 is 10.2 Å². The minimum absolute atomic E-state index is 0.0972. The Hall–Kier alpha value is -0.0800. The van der Waals surface area contributed by atoms with Crippen molar-refractivity contribution in [3.63, 3.8) is 0 Å². The van der Waals surface area contributed by atoms with Crippen LogP contribution in [0.4, 0.5) is 0 Å². The summed E-state index contributed by atoms with van der Waals surface area (Å²) >= 11 is 0. The maximum absolute atomic E-state index is 10.4. The second-order valence-corrected chi connectivity index (χ2v) is 4.66. The molecule has 2 N–H and O–H groups in total. The number of hydrogen-bond donors (Lipinski definition) is 2. The quantitative estimate of drug-likeness (QED) is 0.708. The Labute approximate surface area is 81.0 Å². The van der Waals surface area contributed by atoms with E-state index in [1.165, 1.54) is 6.42 Å². The lowest BCUT2D eigenvalue weighted by Gasteiger charge is -2.46. The molecular weight excluding hydrogens is 164 g/mol. The minimum Gasteiger partial charge on any atom is -0.396 e. The Kier molecular flexibility index (Phi) is 3.36. The van der Waals surface area contributed by atoms with Gasteiger partial charge in [-0.1, -0.05) is 33.1 Å². The molecule has 1 saturated carbocycles. The summed E-state index contributed by atoms with van der Waals surface area (Å²) in [5.41, 5.74) is -0.915. The zero-order valence-corrected chi connectivity index (χ0v) is 8.84. The largest absolute Gasteiger partial charge is 0.396 e. The summed E-state index contributed by atoms with van der Waals surface area (Å²) < 4.78 is 0. The third kappa shape index (κ3) is 1.89. The molecule has 0 heterocycles. The van der Waals surface area contributed by atoms with Crippen LogP contribution in [0.1, 0.15) is 52.4 Å². The van der Waals surface area contributed by atoms with Gasteiger partial charge in [0.05, 0.1) is 12.2 Å². The highest BCUT2D eigenvalue weighted by molar-refractivity contribution is 4.96. The van der Waals surface area contributed by atoms with Crippen molar-refractivity contribution in [2.24, 2.45) is 5.41 Å². The number of rotatable bonds is 3. The highest BCUT2D eigenvalue weighted by atomic mass is 16.3. The van der Waals surface area contributed by atoms with Gasteiger partial charge in [-0.3, -0.25) is 0 Å². The van der Waals surface area contributed by atoms with Gasteiger partial charge in [-0.25, -0.2) is 0 Å². The fourth-order valence-corrected chi connectivity index (χ4v) is 2.33. The summed E-state index contributed by atoms with van der Waals surface area (Å²) in [7, 11) is 0. The molecule has 78 valence electrons. The van der Waals surface area contributed by atoms with Gasteiger partial charge in [0.2, 0.25) is 0 Å². The van der Waals surface area contributed by atoms with E-state index < -0.39 is 5.60 Å². The summed E-state index contributed by atoms with van der Waals surface area (Å²) in [6, 6.07) is 0. The van der Waals surface area contributed by atoms with Gasteiger partial charge in [-0.15, -0.1) is 0 Å². The third-order valence-corrected chi connectivity index (χ3v) is 3.93. The van der Waals surface area contributed by atoms with Gasteiger partial charge in [0.25, 0.3) is 0 Å². The average Bonchev–Trinajstić information content (AvgIpc) is 2.17. The van der Waals surface area contributed by atoms with Crippen LogP contribution in [0.5, 0.6) is 0 Å². The molecule has 1 unspecified atom stereocenters. The van der Waals surface area contributed by atoms with Gasteiger partial charge >= 0.3 is 0 Å². The molecule has 0 aromatic heterocycles. The van der Waals surface area contributed by atoms with Crippen LogP contribution in [-0.2, 0) is 0 Å². The Balaban J connectivity index is 2.74. The maximum Gasteiger partial charge on any atom is 0.0722 e. The first kappa shape index (κ1) is 11.0. The maximum atomic E-state index is 10.4. The van der Waals surface area contributed by atoms with E-state index in [1.807, 2.05) is 13.8 Å². The van der Waals surface area contributed by atoms with E-state index in [4.69, 9.17) is 0 Å². The summed E-state index contributed by atoms with van der Waals surface area (Å²) in [4.78, 5) is 0. The standard InChI is InChI=1S/C11H22O2/c1-3-10(2,9-12)11(13)7-5-4-6-8-11/h12-13H,3-9H2,1-2H3. The van der Waals surface area contributed by atoms with E-state index in [2.05, 4.69) is 0 Å². The lowest BCUT2D eigenvalue weighted by molar-refractivity contribution is -0.123.